The zero-order valence-corrected chi connectivity index (χ0v) is 14.9. The Kier molecular flexibility index (Phi) is 5.87. The average molecular weight is 343 g/mol. The topological polar surface area (TPSA) is 72.4 Å². The predicted molar refractivity (Wildman–Crippen MR) is 97.6 cm³/mol. The van der Waals surface area contributed by atoms with Gasteiger partial charge in [-0.3, -0.25) is 0 Å². The molecule has 1 N–H and O–H groups in total. The highest BCUT2D eigenvalue weighted by Crippen LogP contribution is 2.27. The Labute approximate surface area is 148 Å². The summed E-state index contributed by atoms with van der Waals surface area (Å²) in [6.45, 7) is 2.81. The highest BCUT2D eigenvalue weighted by atomic mass is 16.5. The molecule has 1 saturated heterocycles. The first-order valence-corrected chi connectivity index (χ1v) is 8.69. The van der Waals surface area contributed by atoms with Gasteiger partial charge in [0, 0.05) is 19.6 Å². The Morgan fingerprint density at radius 2 is 1.88 bits per heavy atom. The molecular weight excluding hydrogens is 318 g/mol. The Balaban J connectivity index is 1.57. The Morgan fingerprint density at radius 3 is 2.64 bits per heavy atom. The summed E-state index contributed by atoms with van der Waals surface area (Å²) >= 11 is 0. The Bertz CT molecular complexity index is 689. The summed E-state index contributed by atoms with van der Waals surface area (Å²) in [7, 11) is 3.28. The van der Waals surface area contributed by atoms with E-state index in [1.807, 2.05) is 18.2 Å². The molecule has 3 rings (SSSR count). The second-order valence-electron chi connectivity index (χ2n) is 6.05. The van der Waals surface area contributed by atoms with Crippen LogP contribution in [0.5, 0.6) is 11.5 Å². The standard InChI is InChI=1S/C18H25N5O2/c1-24-15-7-6-14(12-16(15)25-2)8-9-19-18-21-17(13-20-22-18)23-10-4-3-5-11-23/h6-7,12-13H,3-5,8-11H2,1-2H3,(H,19,21,22). The summed E-state index contributed by atoms with van der Waals surface area (Å²) in [6, 6.07) is 5.94. The molecule has 0 amide bonds. The van der Waals surface area contributed by atoms with Crippen molar-refractivity contribution in [3.63, 3.8) is 0 Å². The van der Waals surface area contributed by atoms with E-state index in [1.165, 1.54) is 19.3 Å². The first-order valence-electron chi connectivity index (χ1n) is 8.69. The number of aromatic nitrogens is 3. The molecule has 0 spiro atoms. The molecule has 1 aliphatic heterocycles. The van der Waals surface area contributed by atoms with Crippen molar-refractivity contribution >= 4 is 11.8 Å². The number of nitrogens with one attached hydrogen (secondary N) is 1. The van der Waals surface area contributed by atoms with Gasteiger partial charge in [0.2, 0.25) is 5.95 Å². The van der Waals surface area contributed by atoms with Gasteiger partial charge in [0.1, 0.15) is 0 Å². The average Bonchev–Trinajstić information content (AvgIpc) is 2.69. The normalized spacial score (nSPS) is 14.2. The number of methoxy groups -OCH3 is 2. The molecule has 0 bridgehead atoms. The predicted octanol–water partition coefficient (Wildman–Crippen LogP) is 2.53. The smallest absolute Gasteiger partial charge is 0.244 e. The van der Waals surface area contributed by atoms with Gasteiger partial charge in [0.05, 0.1) is 20.4 Å². The fourth-order valence-electron chi connectivity index (χ4n) is 3.00. The largest absolute Gasteiger partial charge is 0.493 e. The molecule has 0 atom stereocenters. The zero-order valence-electron chi connectivity index (χ0n) is 14.9. The van der Waals surface area contributed by atoms with Gasteiger partial charge in [0.25, 0.3) is 0 Å². The molecule has 7 heteroatoms. The van der Waals surface area contributed by atoms with Gasteiger partial charge >= 0.3 is 0 Å². The molecule has 1 aliphatic rings. The molecule has 0 saturated carbocycles. The van der Waals surface area contributed by atoms with E-state index >= 15 is 0 Å². The molecular formula is C18H25N5O2. The maximum Gasteiger partial charge on any atom is 0.244 e. The summed E-state index contributed by atoms with van der Waals surface area (Å²) in [5.74, 6) is 2.96. The van der Waals surface area contributed by atoms with Crippen molar-refractivity contribution in [3.8, 4) is 11.5 Å². The van der Waals surface area contributed by atoms with Crippen LogP contribution in [-0.4, -0.2) is 49.0 Å². The number of anilines is 2. The quantitative estimate of drug-likeness (QED) is 0.828. The number of hydrogen-bond donors (Lipinski definition) is 1. The third-order valence-electron chi connectivity index (χ3n) is 4.37. The fourth-order valence-corrected chi connectivity index (χ4v) is 3.00. The molecule has 1 aromatic carbocycles. The van der Waals surface area contributed by atoms with Crippen molar-refractivity contribution in [1.29, 1.82) is 0 Å². The highest BCUT2D eigenvalue weighted by Gasteiger charge is 2.13. The van der Waals surface area contributed by atoms with Crippen LogP contribution in [0.15, 0.2) is 24.4 Å². The number of nitrogens with zero attached hydrogens (tertiary/aromatic N) is 4. The molecule has 1 fully saturated rings. The minimum Gasteiger partial charge on any atom is -0.493 e. The molecule has 1 aromatic heterocycles. The fraction of sp³-hybridized carbons (Fsp3) is 0.500. The number of piperidine rings is 1. The second-order valence-corrected chi connectivity index (χ2v) is 6.05. The maximum absolute atomic E-state index is 5.34. The summed E-state index contributed by atoms with van der Waals surface area (Å²) in [4.78, 5) is 6.86. The van der Waals surface area contributed by atoms with E-state index in [4.69, 9.17) is 9.47 Å². The number of ether oxygens (including phenoxy) is 2. The summed E-state index contributed by atoms with van der Waals surface area (Å²) < 4.78 is 10.6. The van der Waals surface area contributed by atoms with E-state index < -0.39 is 0 Å². The summed E-state index contributed by atoms with van der Waals surface area (Å²) in [6.07, 6.45) is 6.30. The summed E-state index contributed by atoms with van der Waals surface area (Å²) in [5.41, 5.74) is 1.16. The van der Waals surface area contributed by atoms with Crippen LogP contribution in [0.1, 0.15) is 24.8 Å². The lowest BCUT2D eigenvalue weighted by Crippen LogP contribution is -2.30. The van der Waals surface area contributed by atoms with Crippen LogP contribution in [0.3, 0.4) is 0 Å². The van der Waals surface area contributed by atoms with Gasteiger partial charge in [-0.05, 0) is 43.4 Å². The van der Waals surface area contributed by atoms with E-state index in [9.17, 15) is 0 Å². The molecule has 7 nitrogen and oxygen atoms in total. The van der Waals surface area contributed by atoms with E-state index in [0.29, 0.717) is 5.95 Å². The van der Waals surface area contributed by atoms with Crippen molar-refractivity contribution in [1.82, 2.24) is 15.2 Å². The first-order chi connectivity index (χ1) is 12.3. The Hall–Kier alpha value is -2.57. The minimum atomic E-state index is 0.573. The maximum atomic E-state index is 5.34. The minimum absolute atomic E-state index is 0.573. The molecule has 2 aromatic rings. The van der Waals surface area contributed by atoms with E-state index in [0.717, 1.165) is 48.9 Å². The van der Waals surface area contributed by atoms with Gasteiger partial charge in [-0.25, -0.2) is 0 Å². The zero-order chi connectivity index (χ0) is 17.5. The summed E-state index contributed by atoms with van der Waals surface area (Å²) in [5, 5.41) is 11.4. The highest BCUT2D eigenvalue weighted by molar-refractivity contribution is 5.43. The lowest BCUT2D eigenvalue weighted by atomic mass is 10.1. The van der Waals surface area contributed by atoms with Crippen LogP contribution < -0.4 is 19.7 Å². The third kappa shape index (κ3) is 4.49. The van der Waals surface area contributed by atoms with Crippen LogP contribution >= 0.6 is 0 Å². The van der Waals surface area contributed by atoms with Crippen molar-refractivity contribution < 1.29 is 9.47 Å². The third-order valence-corrected chi connectivity index (χ3v) is 4.37. The number of benzene rings is 1. The van der Waals surface area contributed by atoms with E-state index in [1.54, 1.807) is 20.4 Å². The first kappa shape index (κ1) is 17.3. The van der Waals surface area contributed by atoms with Gasteiger partial charge in [-0.2, -0.15) is 10.1 Å². The van der Waals surface area contributed by atoms with Crippen molar-refractivity contribution in [2.45, 2.75) is 25.7 Å². The van der Waals surface area contributed by atoms with Crippen LogP contribution in [0, 0.1) is 0 Å². The van der Waals surface area contributed by atoms with Crippen LogP contribution in [0.2, 0.25) is 0 Å². The van der Waals surface area contributed by atoms with Gasteiger partial charge < -0.3 is 19.7 Å². The van der Waals surface area contributed by atoms with Crippen LogP contribution in [-0.2, 0) is 6.42 Å². The Morgan fingerprint density at radius 1 is 1.08 bits per heavy atom. The van der Waals surface area contributed by atoms with Crippen LogP contribution in [0.25, 0.3) is 0 Å². The number of rotatable bonds is 7. The van der Waals surface area contributed by atoms with E-state index in [2.05, 4.69) is 25.4 Å². The van der Waals surface area contributed by atoms with Gasteiger partial charge in [-0.15, -0.1) is 5.10 Å². The van der Waals surface area contributed by atoms with Gasteiger partial charge in [-0.1, -0.05) is 6.07 Å². The molecule has 0 radical (unpaired) electrons. The molecule has 134 valence electrons. The van der Waals surface area contributed by atoms with Gasteiger partial charge in [0.15, 0.2) is 17.3 Å². The van der Waals surface area contributed by atoms with E-state index in [-0.39, 0.29) is 0 Å². The lowest BCUT2D eigenvalue weighted by Gasteiger charge is -2.27. The van der Waals surface area contributed by atoms with Crippen LogP contribution in [0.4, 0.5) is 11.8 Å². The SMILES string of the molecule is COc1ccc(CCNc2nncc(N3CCCCC3)n2)cc1OC. The molecule has 0 aliphatic carbocycles. The van der Waals surface area contributed by atoms with Crippen molar-refractivity contribution in [3.05, 3.63) is 30.0 Å². The number of hydrogen-bond acceptors (Lipinski definition) is 7. The van der Waals surface area contributed by atoms with Crippen molar-refractivity contribution in [2.75, 3.05) is 44.1 Å². The molecule has 0 unspecified atom stereocenters. The molecule has 25 heavy (non-hydrogen) atoms. The monoisotopic (exact) mass is 343 g/mol. The molecule has 2 heterocycles. The second kappa shape index (κ2) is 8.50. The lowest BCUT2D eigenvalue weighted by molar-refractivity contribution is 0.354. The van der Waals surface area contributed by atoms with Crippen molar-refractivity contribution in [2.24, 2.45) is 0 Å².